The fourth-order valence-electron chi connectivity index (χ4n) is 2.76. The van der Waals surface area contributed by atoms with E-state index >= 15 is 0 Å². The van der Waals surface area contributed by atoms with Crippen molar-refractivity contribution < 1.29 is 19.4 Å². The highest BCUT2D eigenvalue weighted by Gasteiger charge is 2.43. The smallest absolute Gasteiger partial charge is 0.407 e. The van der Waals surface area contributed by atoms with E-state index in [1.165, 1.54) is 7.11 Å². The Morgan fingerprint density at radius 2 is 1.90 bits per heavy atom. The van der Waals surface area contributed by atoms with Crippen LogP contribution < -0.4 is 5.32 Å². The zero-order valence-electron chi connectivity index (χ0n) is 13.8. The lowest BCUT2D eigenvalue weighted by Gasteiger charge is -2.37. The number of likely N-dealkylation sites (tertiary alicyclic amines) is 1. The maximum absolute atomic E-state index is 12.8. The number of ether oxygens (including phenoxy) is 1. The molecule has 1 saturated heterocycles. The van der Waals surface area contributed by atoms with Crippen LogP contribution in [0.2, 0.25) is 0 Å². The van der Waals surface area contributed by atoms with Crippen molar-refractivity contribution in [3.63, 3.8) is 0 Å². The van der Waals surface area contributed by atoms with Crippen molar-refractivity contribution in [2.45, 2.75) is 59.2 Å². The number of amides is 2. The van der Waals surface area contributed by atoms with Gasteiger partial charge in [-0.2, -0.15) is 0 Å². The fraction of sp³-hybridized carbons (Fsp3) is 0.867. The number of aliphatic hydroxyl groups excluding tert-OH is 1. The van der Waals surface area contributed by atoms with Gasteiger partial charge >= 0.3 is 6.09 Å². The van der Waals surface area contributed by atoms with Gasteiger partial charge < -0.3 is 20.1 Å². The van der Waals surface area contributed by atoms with Crippen LogP contribution in [-0.2, 0) is 9.53 Å². The number of aliphatic hydroxyl groups is 1. The second-order valence-electron chi connectivity index (χ2n) is 7.12. The molecule has 0 bridgehead atoms. The van der Waals surface area contributed by atoms with Gasteiger partial charge in [0, 0.05) is 12.6 Å². The van der Waals surface area contributed by atoms with E-state index in [9.17, 15) is 14.7 Å². The third kappa shape index (κ3) is 4.33. The summed E-state index contributed by atoms with van der Waals surface area (Å²) in [5.41, 5.74) is -0.125. The van der Waals surface area contributed by atoms with Gasteiger partial charge in [0.1, 0.15) is 6.04 Å². The number of carbonyl (C=O) groups is 2. The quantitative estimate of drug-likeness (QED) is 0.825. The van der Waals surface area contributed by atoms with Gasteiger partial charge in [0.05, 0.1) is 13.2 Å². The molecule has 1 rings (SSSR count). The molecule has 6 heteroatoms. The van der Waals surface area contributed by atoms with E-state index in [4.69, 9.17) is 0 Å². The van der Waals surface area contributed by atoms with E-state index in [2.05, 4.69) is 10.1 Å². The largest absolute Gasteiger partial charge is 0.453 e. The number of rotatable bonds is 3. The molecular weight excluding hydrogens is 272 g/mol. The standard InChI is InChI=1S/C15H28N2O4/c1-9(2)12(16-14(20)21-6)13(19)17-8-10(18)7-11(17)15(3,4)5/h9-12,18H,7-8H2,1-6H3,(H,16,20). The van der Waals surface area contributed by atoms with Crippen molar-refractivity contribution in [2.24, 2.45) is 11.3 Å². The molecule has 0 aromatic heterocycles. The first-order valence-corrected chi connectivity index (χ1v) is 7.41. The molecule has 2 amide bonds. The number of hydrogen-bond acceptors (Lipinski definition) is 4. The number of hydrogen-bond donors (Lipinski definition) is 2. The molecule has 0 spiro atoms. The number of methoxy groups -OCH3 is 1. The van der Waals surface area contributed by atoms with Crippen LogP contribution in [-0.4, -0.2) is 53.8 Å². The average Bonchev–Trinajstić information content (AvgIpc) is 2.76. The lowest BCUT2D eigenvalue weighted by molar-refractivity contribution is -0.137. The minimum Gasteiger partial charge on any atom is -0.453 e. The van der Waals surface area contributed by atoms with Crippen LogP contribution in [0.5, 0.6) is 0 Å². The average molecular weight is 300 g/mol. The van der Waals surface area contributed by atoms with Gasteiger partial charge in [-0.1, -0.05) is 34.6 Å². The number of alkyl carbamates (subject to hydrolysis) is 1. The molecule has 21 heavy (non-hydrogen) atoms. The second-order valence-corrected chi connectivity index (χ2v) is 7.12. The van der Waals surface area contributed by atoms with Crippen molar-refractivity contribution in [1.82, 2.24) is 10.2 Å². The Hall–Kier alpha value is -1.30. The first-order valence-electron chi connectivity index (χ1n) is 7.41. The van der Waals surface area contributed by atoms with E-state index in [0.717, 1.165) is 0 Å². The molecule has 1 aliphatic rings. The van der Waals surface area contributed by atoms with Crippen molar-refractivity contribution >= 4 is 12.0 Å². The Balaban J connectivity index is 2.94. The summed E-state index contributed by atoms with van der Waals surface area (Å²) in [6.45, 7) is 10.2. The molecule has 3 unspecified atom stereocenters. The fourth-order valence-corrected chi connectivity index (χ4v) is 2.76. The Bertz CT molecular complexity index is 390. The van der Waals surface area contributed by atoms with Gasteiger partial charge in [-0.15, -0.1) is 0 Å². The molecule has 0 aromatic rings. The monoisotopic (exact) mass is 300 g/mol. The molecule has 3 atom stereocenters. The predicted molar refractivity (Wildman–Crippen MR) is 79.7 cm³/mol. The highest BCUT2D eigenvalue weighted by molar-refractivity contribution is 5.86. The molecule has 1 fully saturated rings. The van der Waals surface area contributed by atoms with Crippen molar-refractivity contribution in [3.8, 4) is 0 Å². The third-order valence-electron chi connectivity index (χ3n) is 3.95. The van der Waals surface area contributed by atoms with Crippen molar-refractivity contribution in [1.29, 1.82) is 0 Å². The molecule has 1 aliphatic heterocycles. The van der Waals surface area contributed by atoms with Crippen LogP contribution >= 0.6 is 0 Å². The Morgan fingerprint density at radius 3 is 2.33 bits per heavy atom. The second kappa shape index (κ2) is 6.64. The summed E-state index contributed by atoms with van der Waals surface area (Å²) in [4.78, 5) is 25.9. The summed E-state index contributed by atoms with van der Waals surface area (Å²) in [6.07, 6.45) is -0.559. The van der Waals surface area contributed by atoms with E-state index in [0.29, 0.717) is 13.0 Å². The summed E-state index contributed by atoms with van der Waals surface area (Å²) in [5, 5.41) is 12.5. The molecule has 0 aliphatic carbocycles. The maximum atomic E-state index is 12.8. The van der Waals surface area contributed by atoms with Crippen LogP contribution in [0.15, 0.2) is 0 Å². The van der Waals surface area contributed by atoms with Gasteiger partial charge in [0.15, 0.2) is 0 Å². The summed E-state index contributed by atoms with van der Waals surface area (Å²) < 4.78 is 4.59. The first kappa shape index (κ1) is 17.8. The molecule has 0 saturated carbocycles. The van der Waals surface area contributed by atoms with E-state index in [1.54, 1.807) is 4.90 Å². The SMILES string of the molecule is COC(=O)NC(C(=O)N1CC(O)CC1C(C)(C)C)C(C)C. The molecule has 2 N–H and O–H groups in total. The molecule has 0 aromatic carbocycles. The van der Waals surface area contributed by atoms with Gasteiger partial charge in [-0.05, 0) is 17.8 Å². The number of nitrogens with zero attached hydrogens (tertiary/aromatic N) is 1. The summed E-state index contributed by atoms with van der Waals surface area (Å²) >= 11 is 0. The van der Waals surface area contributed by atoms with Crippen LogP contribution in [0.25, 0.3) is 0 Å². The lowest BCUT2D eigenvalue weighted by Crippen LogP contribution is -2.54. The highest BCUT2D eigenvalue weighted by atomic mass is 16.5. The number of nitrogens with one attached hydrogen (secondary N) is 1. The van der Waals surface area contributed by atoms with Gasteiger partial charge in [0.25, 0.3) is 0 Å². The van der Waals surface area contributed by atoms with Gasteiger partial charge in [-0.25, -0.2) is 4.79 Å². The van der Waals surface area contributed by atoms with Crippen molar-refractivity contribution in [2.75, 3.05) is 13.7 Å². The number of carbonyl (C=O) groups excluding carboxylic acids is 2. The third-order valence-corrected chi connectivity index (χ3v) is 3.95. The molecule has 6 nitrogen and oxygen atoms in total. The molecular formula is C15H28N2O4. The Labute approximate surface area is 126 Å². The van der Waals surface area contributed by atoms with E-state index in [-0.39, 0.29) is 23.3 Å². The lowest BCUT2D eigenvalue weighted by atomic mass is 9.84. The predicted octanol–water partition coefficient (Wildman–Crippen LogP) is 1.37. The summed E-state index contributed by atoms with van der Waals surface area (Å²) in [6, 6.07) is -0.687. The summed E-state index contributed by atoms with van der Waals surface area (Å²) in [7, 11) is 1.27. The molecule has 122 valence electrons. The van der Waals surface area contributed by atoms with E-state index in [1.807, 2.05) is 34.6 Å². The van der Waals surface area contributed by atoms with Crippen LogP contribution in [0.1, 0.15) is 41.0 Å². The Morgan fingerprint density at radius 1 is 1.33 bits per heavy atom. The summed E-state index contributed by atoms with van der Waals surface area (Å²) in [5.74, 6) is -0.221. The van der Waals surface area contributed by atoms with Crippen molar-refractivity contribution in [3.05, 3.63) is 0 Å². The van der Waals surface area contributed by atoms with Crippen LogP contribution in [0.3, 0.4) is 0 Å². The first-order chi connectivity index (χ1) is 9.57. The zero-order chi connectivity index (χ0) is 16.4. The zero-order valence-corrected chi connectivity index (χ0v) is 13.8. The normalized spacial score (nSPS) is 24.1. The topological polar surface area (TPSA) is 78.9 Å². The van der Waals surface area contributed by atoms with E-state index < -0.39 is 18.2 Å². The van der Waals surface area contributed by atoms with Crippen LogP contribution in [0, 0.1) is 11.3 Å². The maximum Gasteiger partial charge on any atom is 0.407 e. The Kier molecular flexibility index (Phi) is 5.61. The van der Waals surface area contributed by atoms with Gasteiger partial charge in [-0.3, -0.25) is 4.79 Å². The minimum absolute atomic E-state index is 0.0410. The van der Waals surface area contributed by atoms with Crippen LogP contribution in [0.4, 0.5) is 4.79 Å². The highest BCUT2D eigenvalue weighted by Crippen LogP contribution is 2.33. The molecule has 1 heterocycles. The number of β-amino-alcohol motifs (C(OH)–C–C–N with tert-alkyl or cyclic N) is 1. The molecule has 0 radical (unpaired) electrons. The van der Waals surface area contributed by atoms with Gasteiger partial charge in [0.2, 0.25) is 5.91 Å². The minimum atomic E-state index is -0.646.